The summed E-state index contributed by atoms with van der Waals surface area (Å²) in [5, 5.41) is 64.8. The van der Waals surface area contributed by atoms with Crippen LogP contribution in [0, 0.1) is 45.3 Å². The van der Waals surface area contributed by atoms with Crippen LogP contribution >= 0.6 is 0 Å². The number of aliphatic hydroxyl groups is 6. The van der Waals surface area contributed by atoms with Gasteiger partial charge >= 0.3 is 0 Å². The molecular weight excluding hydrogens is 560 g/mol. The molecule has 1 saturated heterocycles. The number of fused-ring (bicyclic) bond motifs is 5. The molecule has 1 aliphatic heterocycles. The average Bonchev–Trinajstić information content (AvgIpc) is 3.32. The van der Waals surface area contributed by atoms with Crippen molar-refractivity contribution in [3.8, 4) is 0 Å². The number of hydrogen-bond acceptors (Lipinski definition) is 8. The molecule has 254 valence electrons. The maximum atomic E-state index is 12.0. The Morgan fingerprint density at radius 1 is 0.886 bits per heavy atom. The average molecular weight is 623 g/mol. The van der Waals surface area contributed by atoms with E-state index in [1.165, 1.54) is 5.57 Å². The fourth-order valence-electron chi connectivity index (χ4n) is 11.9. The highest BCUT2D eigenvalue weighted by Crippen LogP contribution is 2.76. The van der Waals surface area contributed by atoms with Crippen LogP contribution in [0.5, 0.6) is 0 Å². The molecule has 5 aliphatic rings. The largest absolute Gasteiger partial charge is 0.394 e. The molecule has 5 fully saturated rings. The van der Waals surface area contributed by atoms with Gasteiger partial charge < -0.3 is 40.1 Å². The van der Waals surface area contributed by atoms with E-state index in [1.807, 2.05) is 6.92 Å². The number of rotatable bonds is 7. The van der Waals surface area contributed by atoms with Crippen molar-refractivity contribution in [2.75, 3.05) is 6.61 Å². The van der Waals surface area contributed by atoms with Gasteiger partial charge in [-0.05, 0) is 124 Å². The SMILES string of the molecule is CC(C)=CCC[C@](C)(O)[C@H]1CC[C@]2(C)[C@@H]1[C@H](O)C[C@@H]1[C@@]3(C)CC[C@@H](O[C@@H]4O[C@H](CO)[C@@H](O)[C@H](O)[C@H]4O)C(C)(C)[C@@H]3CC[C@]12C. The molecule has 15 atom stereocenters. The summed E-state index contributed by atoms with van der Waals surface area (Å²) in [5.74, 6) is 0.792. The molecule has 0 aromatic rings. The molecule has 5 rings (SSSR count). The van der Waals surface area contributed by atoms with Crippen LogP contribution in [0.3, 0.4) is 0 Å². The summed E-state index contributed by atoms with van der Waals surface area (Å²) in [6.45, 7) is 17.5. The van der Waals surface area contributed by atoms with Crippen LogP contribution in [0.1, 0.15) is 113 Å². The van der Waals surface area contributed by atoms with Crippen molar-refractivity contribution in [1.29, 1.82) is 0 Å². The van der Waals surface area contributed by atoms with Crippen LogP contribution < -0.4 is 0 Å². The normalized spacial score (nSPS) is 51.5. The van der Waals surface area contributed by atoms with E-state index < -0.39 is 49.0 Å². The molecule has 8 nitrogen and oxygen atoms in total. The molecule has 0 unspecified atom stereocenters. The number of allylic oxidation sites excluding steroid dienone is 2. The molecule has 6 N–H and O–H groups in total. The molecule has 0 spiro atoms. The minimum Gasteiger partial charge on any atom is -0.394 e. The van der Waals surface area contributed by atoms with Gasteiger partial charge in [0, 0.05) is 0 Å². The Hall–Kier alpha value is -0.580. The van der Waals surface area contributed by atoms with Gasteiger partial charge in [0.2, 0.25) is 0 Å². The molecule has 0 aromatic carbocycles. The maximum Gasteiger partial charge on any atom is 0.186 e. The van der Waals surface area contributed by atoms with Gasteiger partial charge in [-0.1, -0.05) is 46.3 Å². The Labute approximate surface area is 265 Å². The lowest BCUT2D eigenvalue weighted by Crippen LogP contribution is -2.67. The first-order chi connectivity index (χ1) is 20.3. The van der Waals surface area contributed by atoms with Gasteiger partial charge in [-0.2, -0.15) is 0 Å². The standard InChI is InChI=1S/C36H62O8/c1-20(2)10-9-14-36(8,42)21-11-16-35(7)27(21)22(38)18-25-33(5)15-13-26(32(3,4)24(33)12-17-34(25,35)6)44-31-30(41)29(40)28(39)23(19-37)43-31/h10,21-31,37-42H,9,11-19H2,1-8H3/t21-,22+,23+,24-,25+,26+,27-,28+,29-,30+,31-,33-,34+,35+,36-/m0/s1. The predicted octanol–water partition coefficient (Wildman–Crippen LogP) is 4.32. The van der Waals surface area contributed by atoms with E-state index in [4.69, 9.17) is 9.47 Å². The molecule has 0 radical (unpaired) electrons. The monoisotopic (exact) mass is 622 g/mol. The van der Waals surface area contributed by atoms with Crippen molar-refractivity contribution in [3.05, 3.63) is 11.6 Å². The van der Waals surface area contributed by atoms with Crippen molar-refractivity contribution in [2.45, 2.75) is 162 Å². The molecule has 0 bridgehead atoms. The van der Waals surface area contributed by atoms with Gasteiger partial charge in [-0.3, -0.25) is 0 Å². The molecule has 4 saturated carbocycles. The highest BCUT2D eigenvalue weighted by atomic mass is 16.7. The number of aliphatic hydroxyl groups excluding tert-OH is 5. The molecule has 4 aliphatic carbocycles. The third kappa shape index (κ3) is 5.26. The van der Waals surface area contributed by atoms with Crippen molar-refractivity contribution in [1.82, 2.24) is 0 Å². The highest BCUT2D eigenvalue weighted by molar-refractivity contribution is 5.20. The summed E-state index contributed by atoms with van der Waals surface area (Å²) in [6, 6.07) is 0. The van der Waals surface area contributed by atoms with Crippen molar-refractivity contribution < 1.29 is 40.1 Å². The maximum absolute atomic E-state index is 12.0. The molecule has 0 aromatic heterocycles. The number of ether oxygens (including phenoxy) is 2. The van der Waals surface area contributed by atoms with Gasteiger partial charge in [0.1, 0.15) is 24.4 Å². The smallest absolute Gasteiger partial charge is 0.186 e. The molecular formula is C36H62O8. The Bertz CT molecular complexity index is 1070. The second kappa shape index (κ2) is 11.8. The zero-order chi connectivity index (χ0) is 32.6. The van der Waals surface area contributed by atoms with Crippen LogP contribution in [-0.2, 0) is 9.47 Å². The second-order valence-electron chi connectivity index (χ2n) is 17.3. The topological polar surface area (TPSA) is 140 Å². The van der Waals surface area contributed by atoms with E-state index in [1.54, 1.807) is 0 Å². The Balaban J connectivity index is 1.37. The zero-order valence-corrected chi connectivity index (χ0v) is 28.5. The molecule has 1 heterocycles. The third-order valence-corrected chi connectivity index (χ3v) is 14.5. The first-order valence-electron chi connectivity index (χ1n) is 17.3. The molecule has 44 heavy (non-hydrogen) atoms. The fourth-order valence-corrected chi connectivity index (χ4v) is 11.9. The lowest BCUT2D eigenvalue weighted by Gasteiger charge is -2.70. The molecule has 0 amide bonds. The zero-order valence-electron chi connectivity index (χ0n) is 28.5. The van der Waals surface area contributed by atoms with E-state index in [9.17, 15) is 30.6 Å². The minimum atomic E-state index is -1.46. The third-order valence-electron chi connectivity index (χ3n) is 14.5. The lowest BCUT2D eigenvalue weighted by molar-refractivity contribution is -0.332. The summed E-state index contributed by atoms with van der Waals surface area (Å²) in [7, 11) is 0. The van der Waals surface area contributed by atoms with E-state index in [-0.39, 0.29) is 39.6 Å². The quantitative estimate of drug-likeness (QED) is 0.182. The summed E-state index contributed by atoms with van der Waals surface area (Å²) >= 11 is 0. The first-order valence-corrected chi connectivity index (χ1v) is 17.3. The summed E-state index contributed by atoms with van der Waals surface area (Å²) in [6.07, 6.45) is 3.15. The van der Waals surface area contributed by atoms with Crippen LogP contribution in [0.25, 0.3) is 0 Å². The van der Waals surface area contributed by atoms with Crippen molar-refractivity contribution >= 4 is 0 Å². The van der Waals surface area contributed by atoms with Crippen LogP contribution in [0.4, 0.5) is 0 Å². The number of hydrogen-bond donors (Lipinski definition) is 6. The summed E-state index contributed by atoms with van der Waals surface area (Å²) in [5.41, 5.74) is 0.122. The lowest BCUT2D eigenvalue weighted by atomic mass is 9.35. The van der Waals surface area contributed by atoms with Gasteiger partial charge in [-0.25, -0.2) is 0 Å². The van der Waals surface area contributed by atoms with Gasteiger partial charge in [0.15, 0.2) is 6.29 Å². The molecule has 8 heteroatoms. The van der Waals surface area contributed by atoms with E-state index in [0.717, 1.165) is 51.4 Å². The van der Waals surface area contributed by atoms with E-state index in [2.05, 4.69) is 54.5 Å². The van der Waals surface area contributed by atoms with Crippen LogP contribution in [-0.4, -0.2) is 85.8 Å². The van der Waals surface area contributed by atoms with Gasteiger partial charge in [0.25, 0.3) is 0 Å². The Morgan fingerprint density at radius 3 is 2.18 bits per heavy atom. The summed E-state index contributed by atoms with van der Waals surface area (Å²) in [4.78, 5) is 0. The Morgan fingerprint density at radius 2 is 1.55 bits per heavy atom. The minimum absolute atomic E-state index is 0.0231. The van der Waals surface area contributed by atoms with Crippen molar-refractivity contribution in [3.63, 3.8) is 0 Å². The Kier molecular flexibility index (Phi) is 9.35. The van der Waals surface area contributed by atoms with Crippen LogP contribution in [0.15, 0.2) is 11.6 Å². The second-order valence-corrected chi connectivity index (χ2v) is 17.3. The van der Waals surface area contributed by atoms with E-state index >= 15 is 0 Å². The fraction of sp³-hybridized carbons (Fsp3) is 0.944. The predicted molar refractivity (Wildman–Crippen MR) is 168 cm³/mol. The highest BCUT2D eigenvalue weighted by Gasteiger charge is 2.71. The van der Waals surface area contributed by atoms with Crippen molar-refractivity contribution in [2.24, 2.45) is 45.3 Å². The van der Waals surface area contributed by atoms with Gasteiger partial charge in [0.05, 0.1) is 24.4 Å². The van der Waals surface area contributed by atoms with Crippen LogP contribution in [0.2, 0.25) is 0 Å². The summed E-state index contributed by atoms with van der Waals surface area (Å²) < 4.78 is 12.2. The van der Waals surface area contributed by atoms with Gasteiger partial charge in [-0.15, -0.1) is 0 Å². The van der Waals surface area contributed by atoms with E-state index in [0.29, 0.717) is 18.3 Å². The first kappa shape index (κ1) is 34.7.